The SMILES string of the molecule is CCCCC/C=C\C/C=C\CCCCCCCCCCCC(=O)OC(COC(=O)CCCCCCCCC)COC1OC(COC2OC(CO)C(O)C(O)C2O)C(O)C(O)C1O. The highest BCUT2D eigenvalue weighted by Crippen LogP contribution is 2.26. The molecule has 15 nitrogen and oxygen atoms in total. The van der Waals surface area contributed by atoms with Gasteiger partial charge in [0.2, 0.25) is 0 Å². The Kier molecular flexibility index (Phi) is 31.9. The van der Waals surface area contributed by atoms with Crippen molar-refractivity contribution in [2.24, 2.45) is 0 Å². The van der Waals surface area contributed by atoms with Crippen LogP contribution in [0.4, 0.5) is 0 Å². The number of carbonyl (C=O) groups excluding carboxylic acids is 2. The van der Waals surface area contributed by atoms with Gasteiger partial charge in [-0.1, -0.05) is 134 Å². The molecule has 2 aliphatic rings. The van der Waals surface area contributed by atoms with Crippen molar-refractivity contribution >= 4 is 11.9 Å². The molecule has 2 fully saturated rings. The largest absolute Gasteiger partial charge is 0.462 e. The summed E-state index contributed by atoms with van der Waals surface area (Å²) in [6, 6.07) is 0. The predicted molar refractivity (Wildman–Crippen MR) is 234 cm³/mol. The molecule has 0 amide bonds. The zero-order valence-corrected chi connectivity index (χ0v) is 37.9. The fourth-order valence-electron chi connectivity index (χ4n) is 7.42. The van der Waals surface area contributed by atoms with Crippen LogP contribution in [0.3, 0.4) is 0 Å². The molecule has 2 saturated heterocycles. The van der Waals surface area contributed by atoms with Crippen molar-refractivity contribution in [3.05, 3.63) is 24.3 Å². The number of hydrogen-bond acceptors (Lipinski definition) is 15. The third-order valence-electron chi connectivity index (χ3n) is 11.4. The molecule has 0 aliphatic carbocycles. The van der Waals surface area contributed by atoms with Gasteiger partial charge in [0.15, 0.2) is 18.7 Å². The van der Waals surface area contributed by atoms with Crippen LogP contribution in [0.1, 0.15) is 168 Å². The normalized spacial score (nSPS) is 27.2. The third-order valence-corrected chi connectivity index (χ3v) is 11.4. The first kappa shape index (κ1) is 56.1. The summed E-state index contributed by atoms with van der Waals surface area (Å²) in [5, 5.41) is 71.8. The summed E-state index contributed by atoms with van der Waals surface area (Å²) in [6.45, 7) is 2.50. The van der Waals surface area contributed by atoms with Crippen LogP contribution >= 0.6 is 0 Å². The number of ether oxygens (including phenoxy) is 6. The lowest BCUT2D eigenvalue weighted by molar-refractivity contribution is -0.332. The first-order valence-electron chi connectivity index (χ1n) is 23.9. The van der Waals surface area contributed by atoms with E-state index in [4.69, 9.17) is 28.4 Å². The lowest BCUT2D eigenvalue weighted by Gasteiger charge is -2.42. The summed E-state index contributed by atoms with van der Waals surface area (Å²) in [7, 11) is 0. The maximum absolute atomic E-state index is 12.9. The summed E-state index contributed by atoms with van der Waals surface area (Å²) in [4.78, 5) is 25.5. The van der Waals surface area contributed by atoms with Crippen LogP contribution < -0.4 is 0 Å². The summed E-state index contributed by atoms with van der Waals surface area (Å²) in [6.07, 6.45) is 16.7. The Morgan fingerprint density at radius 2 is 0.968 bits per heavy atom. The zero-order chi connectivity index (χ0) is 45.4. The molecule has 0 aromatic carbocycles. The van der Waals surface area contributed by atoms with Crippen molar-refractivity contribution in [2.45, 2.75) is 235 Å². The fraction of sp³-hybridized carbons (Fsp3) is 0.872. The van der Waals surface area contributed by atoms with Gasteiger partial charge in [0, 0.05) is 12.8 Å². The second-order valence-corrected chi connectivity index (χ2v) is 16.9. The van der Waals surface area contributed by atoms with Gasteiger partial charge in [0.25, 0.3) is 0 Å². The van der Waals surface area contributed by atoms with Crippen molar-refractivity contribution in [2.75, 3.05) is 26.4 Å². The Hall–Kier alpha value is -2.02. The van der Waals surface area contributed by atoms with E-state index in [1.165, 1.54) is 64.2 Å². The average molecular weight is 889 g/mol. The molecule has 0 aromatic rings. The van der Waals surface area contributed by atoms with Crippen LogP contribution in [0.5, 0.6) is 0 Å². The highest BCUT2D eigenvalue weighted by Gasteiger charge is 2.47. The van der Waals surface area contributed by atoms with E-state index in [-0.39, 0.29) is 26.1 Å². The van der Waals surface area contributed by atoms with Gasteiger partial charge < -0.3 is 64.2 Å². The summed E-state index contributed by atoms with van der Waals surface area (Å²) >= 11 is 0. The topological polar surface area (TPSA) is 231 Å². The molecule has 2 heterocycles. The number of allylic oxidation sites excluding steroid dienone is 4. The Labute approximate surface area is 371 Å². The number of aliphatic hydroxyl groups is 7. The molecule has 2 rings (SSSR count). The predicted octanol–water partition coefficient (Wildman–Crippen LogP) is 5.60. The van der Waals surface area contributed by atoms with Gasteiger partial charge >= 0.3 is 11.9 Å². The maximum Gasteiger partial charge on any atom is 0.306 e. The van der Waals surface area contributed by atoms with E-state index in [1.54, 1.807) is 0 Å². The van der Waals surface area contributed by atoms with E-state index in [1.807, 2.05) is 0 Å². The lowest BCUT2D eigenvalue weighted by Crippen LogP contribution is -2.61. The Morgan fingerprint density at radius 3 is 1.53 bits per heavy atom. The van der Waals surface area contributed by atoms with Crippen molar-refractivity contribution in [1.29, 1.82) is 0 Å². The lowest BCUT2D eigenvalue weighted by atomic mass is 9.98. The standard InChI is InChI=1S/C47H84O15/c1-3-5-7-9-11-12-13-14-15-16-17-18-19-20-21-22-24-26-28-30-39(50)60-35(32-57-38(49)29-27-25-23-10-8-6-4-2)33-58-46-45(56)43(54)41(52)37(62-46)34-59-47-44(55)42(53)40(51)36(31-48)61-47/h11-12,14-15,35-37,40-48,51-56H,3-10,13,16-34H2,1-2H3/b12-11-,15-14-. The fourth-order valence-corrected chi connectivity index (χ4v) is 7.42. The average Bonchev–Trinajstić information content (AvgIpc) is 3.26. The smallest absolute Gasteiger partial charge is 0.306 e. The molecular weight excluding hydrogens is 805 g/mol. The van der Waals surface area contributed by atoms with Gasteiger partial charge in [-0.05, 0) is 44.9 Å². The first-order valence-corrected chi connectivity index (χ1v) is 23.9. The number of carbonyl (C=O) groups is 2. The molecule has 11 unspecified atom stereocenters. The molecule has 7 N–H and O–H groups in total. The van der Waals surface area contributed by atoms with Crippen molar-refractivity contribution in [3.8, 4) is 0 Å². The van der Waals surface area contributed by atoms with Crippen LogP contribution in [0.15, 0.2) is 24.3 Å². The molecular formula is C47H84O15. The van der Waals surface area contributed by atoms with Gasteiger partial charge in [-0.15, -0.1) is 0 Å². The Morgan fingerprint density at radius 1 is 0.516 bits per heavy atom. The molecule has 0 spiro atoms. The van der Waals surface area contributed by atoms with Gasteiger partial charge in [-0.2, -0.15) is 0 Å². The summed E-state index contributed by atoms with van der Waals surface area (Å²) in [5.41, 5.74) is 0. The van der Waals surface area contributed by atoms with Crippen molar-refractivity contribution in [1.82, 2.24) is 0 Å². The van der Waals surface area contributed by atoms with E-state index >= 15 is 0 Å². The van der Waals surface area contributed by atoms with Crippen LogP contribution in [-0.4, -0.2) is 142 Å². The minimum atomic E-state index is -1.76. The Balaban J connectivity index is 1.79. The van der Waals surface area contributed by atoms with Gasteiger partial charge in [0.1, 0.15) is 55.4 Å². The highest BCUT2D eigenvalue weighted by atomic mass is 16.7. The minimum Gasteiger partial charge on any atom is -0.462 e. The minimum absolute atomic E-state index is 0.162. The van der Waals surface area contributed by atoms with E-state index in [0.29, 0.717) is 12.8 Å². The maximum atomic E-state index is 12.9. The highest BCUT2D eigenvalue weighted by molar-refractivity contribution is 5.70. The monoisotopic (exact) mass is 889 g/mol. The van der Waals surface area contributed by atoms with Crippen molar-refractivity contribution < 1.29 is 73.8 Å². The third kappa shape index (κ3) is 23.8. The second kappa shape index (κ2) is 35.3. The van der Waals surface area contributed by atoms with Crippen LogP contribution in [0, 0.1) is 0 Å². The van der Waals surface area contributed by atoms with Gasteiger partial charge in [-0.25, -0.2) is 0 Å². The molecule has 15 heteroatoms. The number of rotatable bonds is 36. The molecule has 0 saturated carbocycles. The molecule has 362 valence electrons. The molecule has 62 heavy (non-hydrogen) atoms. The van der Waals surface area contributed by atoms with Gasteiger partial charge in [-0.3, -0.25) is 9.59 Å². The quantitative estimate of drug-likeness (QED) is 0.0231. The number of unbranched alkanes of at least 4 members (excludes halogenated alkanes) is 18. The summed E-state index contributed by atoms with van der Waals surface area (Å²) in [5.74, 6) is -0.934. The number of aliphatic hydroxyl groups excluding tert-OH is 7. The van der Waals surface area contributed by atoms with E-state index in [0.717, 1.165) is 64.2 Å². The van der Waals surface area contributed by atoms with Crippen LogP contribution in [-0.2, 0) is 38.0 Å². The van der Waals surface area contributed by atoms with E-state index in [2.05, 4.69) is 38.2 Å². The first-order chi connectivity index (χ1) is 30.0. The van der Waals surface area contributed by atoms with Crippen LogP contribution in [0.25, 0.3) is 0 Å². The molecule has 2 aliphatic heterocycles. The second-order valence-electron chi connectivity index (χ2n) is 16.9. The summed E-state index contributed by atoms with van der Waals surface area (Å²) < 4.78 is 33.4. The molecule has 0 radical (unpaired) electrons. The number of esters is 2. The van der Waals surface area contributed by atoms with Crippen molar-refractivity contribution in [3.63, 3.8) is 0 Å². The molecule has 0 aromatic heterocycles. The van der Waals surface area contributed by atoms with E-state index < -0.39 is 92.7 Å². The Bertz CT molecular complexity index is 1180. The molecule has 0 bridgehead atoms. The zero-order valence-electron chi connectivity index (χ0n) is 37.9. The van der Waals surface area contributed by atoms with Gasteiger partial charge in [0.05, 0.1) is 19.8 Å². The van der Waals surface area contributed by atoms with E-state index in [9.17, 15) is 45.3 Å². The molecule has 11 atom stereocenters. The number of hydrogen-bond donors (Lipinski definition) is 7. The van der Waals surface area contributed by atoms with Crippen LogP contribution in [0.2, 0.25) is 0 Å².